The summed E-state index contributed by atoms with van der Waals surface area (Å²) in [6, 6.07) is 9.28. The summed E-state index contributed by atoms with van der Waals surface area (Å²) in [4.78, 5) is 13.7. The molecule has 1 N–H and O–H groups in total. The topological polar surface area (TPSA) is 77.9 Å². The van der Waals surface area contributed by atoms with Crippen molar-refractivity contribution in [1.82, 2.24) is 9.21 Å². The molecule has 0 bridgehead atoms. The summed E-state index contributed by atoms with van der Waals surface area (Å²) in [5, 5.41) is 9.40. The van der Waals surface area contributed by atoms with E-state index in [1.807, 2.05) is 18.7 Å². The van der Waals surface area contributed by atoms with Crippen molar-refractivity contribution in [3.8, 4) is 0 Å². The number of rotatable bonds is 5. The fraction of sp³-hybridized carbons (Fsp3) is 0.458. The first-order valence-corrected chi connectivity index (χ1v) is 12.6. The summed E-state index contributed by atoms with van der Waals surface area (Å²) in [5.41, 5.74) is 1.37. The third-order valence-corrected chi connectivity index (χ3v) is 8.87. The van der Waals surface area contributed by atoms with Gasteiger partial charge in [0.25, 0.3) is 0 Å². The normalized spacial score (nSPS) is 24.2. The third-order valence-electron chi connectivity index (χ3n) is 6.65. The Bertz CT molecular complexity index is 1170. The second kappa shape index (κ2) is 8.98. The van der Waals surface area contributed by atoms with E-state index in [9.17, 15) is 31.5 Å². The Hall–Kier alpha value is -2.43. The molecule has 1 heterocycles. The Morgan fingerprint density at radius 1 is 1.03 bits per heavy atom. The van der Waals surface area contributed by atoms with Crippen molar-refractivity contribution in [3.63, 3.8) is 0 Å². The van der Waals surface area contributed by atoms with Crippen molar-refractivity contribution in [3.05, 3.63) is 64.7 Å². The lowest BCUT2D eigenvalue weighted by Gasteiger charge is -2.43. The SMILES string of the molecule is CC1CN(Cc2ccc(C(F)(F)F)cc2)CC(C)N1S(=O)(=O)c1cccc2c1CC(C(=O)O)C2. The van der Waals surface area contributed by atoms with Gasteiger partial charge in [-0.1, -0.05) is 24.3 Å². The number of carbonyl (C=O) groups is 1. The number of hydrogen-bond acceptors (Lipinski definition) is 4. The van der Waals surface area contributed by atoms with Gasteiger partial charge in [0.2, 0.25) is 10.0 Å². The average molecular weight is 497 g/mol. The van der Waals surface area contributed by atoms with Gasteiger partial charge in [0.1, 0.15) is 0 Å². The van der Waals surface area contributed by atoms with Gasteiger partial charge in [-0.05, 0) is 61.6 Å². The Balaban J connectivity index is 1.51. The molecule has 0 saturated carbocycles. The van der Waals surface area contributed by atoms with Crippen molar-refractivity contribution in [1.29, 1.82) is 0 Å². The number of fused-ring (bicyclic) bond motifs is 1. The molecule has 4 rings (SSSR count). The van der Waals surface area contributed by atoms with E-state index >= 15 is 0 Å². The van der Waals surface area contributed by atoms with Gasteiger partial charge < -0.3 is 5.11 Å². The minimum atomic E-state index is -4.39. The molecule has 2 aromatic carbocycles. The van der Waals surface area contributed by atoms with Crippen LogP contribution in [0.1, 0.15) is 36.1 Å². The molecule has 0 aromatic heterocycles. The zero-order valence-electron chi connectivity index (χ0n) is 18.9. The van der Waals surface area contributed by atoms with E-state index in [0.29, 0.717) is 31.6 Å². The predicted molar refractivity (Wildman–Crippen MR) is 120 cm³/mol. The van der Waals surface area contributed by atoms with Crippen LogP contribution in [0.15, 0.2) is 47.4 Å². The van der Waals surface area contributed by atoms with Crippen LogP contribution in [0, 0.1) is 5.92 Å². The van der Waals surface area contributed by atoms with E-state index in [1.54, 1.807) is 18.2 Å². The summed E-state index contributed by atoms with van der Waals surface area (Å²) in [5.74, 6) is -1.56. The molecule has 0 radical (unpaired) electrons. The predicted octanol–water partition coefficient (Wildman–Crippen LogP) is 3.79. The molecule has 3 atom stereocenters. The summed E-state index contributed by atoms with van der Waals surface area (Å²) in [6.45, 7) is 4.91. The number of aliphatic carboxylic acids is 1. The average Bonchev–Trinajstić information content (AvgIpc) is 3.17. The molecule has 2 aliphatic rings. The molecule has 1 aliphatic heterocycles. The molecule has 2 aromatic rings. The zero-order chi connectivity index (χ0) is 24.8. The molecule has 1 saturated heterocycles. The van der Waals surface area contributed by atoms with Gasteiger partial charge in [-0.2, -0.15) is 17.5 Å². The highest BCUT2D eigenvalue weighted by Crippen LogP contribution is 2.35. The van der Waals surface area contributed by atoms with Crippen molar-refractivity contribution in [2.45, 2.75) is 56.4 Å². The second-order valence-electron chi connectivity index (χ2n) is 9.26. The van der Waals surface area contributed by atoms with Gasteiger partial charge in [-0.25, -0.2) is 8.42 Å². The summed E-state index contributed by atoms with van der Waals surface area (Å²) in [7, 11) is -3.86. The van der Waals surface area contributed by atoms with Crippen LogP contribution in [-0.2, 0) is 40.4 Å². The molecule has 0 spiro atoms. The number of hydrogen-bond donors (Lipinski definition) is 1. The van der Waals surface area contributed by atoms with Crippen LogP contribution >= 0.6 is 0 Å². The lowest BCUT2D eigenvalue weighted by molar-refractivity contribution is -0.141. The Morgan fingerprint density at radius 2 is 1.65 bits per heavy atom. The Morgan fingerprint density at radius 3 is 2.21 bits per heavy atom. The maximum absolute atomic E-state index is 13.7. The van der Waals surface area contributed by atoms with Crippen LogP contribution in [0.2, 0.25) is 0 Å². The molecular weight excluding hydrogens is 469 g/mol. The molecule has 3 unspecified atom stereocenters. The van der Waals surface area contributed by atoms with Gasteiger partial charge in [-0.15, -0.1) is 0 Å². The Kier molecular flexibility index (Phi) is 6.52. The summed E-state index contributed by atoms with van der Waals surface area (Å²) in [6.07, 6.45) is -3.87. The van der Waals surface area contributed by atoms with Gasteiger partial charge in [0.05, 0.1) is 16.4 Å². The number of alkyl halides is 3. The quantitative estimate of drug-likeness (QED) is 0.682. The maximum Gasteiger partial charge on any atom is 0.416 e. The number of benzene rings is 2. The van der Waals surface area contributed by atoms with Gasteiger partial charge in [0.15, 0.2) is 0 Å². The molecule has 6 nitrogen and oxygen atoms in total. The first-order valence-electron chi connectivity index (χ1n) is 11.1. The molecule has 184 valence electrons. The zero-order valence-corrected chi connectivity index (χ0v) is 19.7. The summed E-state index contributed by atoms with van der Waals surface area (Å²) < 4.78 is 67.3. The lowest BCUT2D eigenvalue weighted by Crippen LogP contribution is -2.58. The second-order valence-corrected chi connectivity index (χ2v) is 11.1. The number of halogens is 3. The minimum absolute atomic E-state index is 0.170. The van der Waals surface area contributed by atoms with E-state index in [2.05, 4.69) is 0 Å². The minimum Gasteiger partial charge on any atom is -0.481 e. The number of carboxylic acids is 1. The van der Waals surface area contributed by atoms with E-state index in [0.717, 1.165) is 23.3 Å². The number of piperazine rings is 1. The fourth-order valence-corrected chi connectivity index (χ4v) is 7.31. The van der Waals surface area contributed by atoms with Crippen LogP contribution in [-0.4, -0.2) is 53.9 Å². The van der Waals surface area contributed by atoms with Crippen LogP contribution in [0.4, 0.5) is 13.2 Å². The van der Waals surface area contributed by atoms with E-state index in [1.165, 1.54) is 16.4 Å². The summed E-state index contributed by atoms with van der Waals surface area (Å²) >= 11 is 0. The number of sulfonamides is 1. The highest BCUT2D eigenvalue weighted by atomic mass is 32.2. The molecule has 1 fully saturated rings. The first-order chi connectivity index (χ1) is 15.9. The molecular formula is C24H27F3N2O4S. The fourth-order valence-electron chi connectivity index (χ4n) is 5.23. The third kappa shape index (κ3) is 4.71. The first kappa shape index (κ1) is 24.7. The largest absolute Gasteiger partial charge is 0.481 e. The van der Waals surface area contributed by atoms with Gasteiger partial charge >= 0.3 is 12.1 Å². The lowest BCUT2D eigenvalue weighted by atomic mass is 10.1. The molecule has 1 aliphatic carbocycles. The van der Waals surface area contributed by atoms with E-state index in [-0.39, 0.29) is 23.4 Å². The molecule has 10 heteroatoms. The van der Waals surface area contributed by atoms with Crippen molar-refractivity contribution >= 4 is 16.0 Å². The van der Waals surface area contributed by atoms with Crippen LogP contribution in [0.5, 0.6) is 0 Å². The standard InChI is InChI=1S/C24H27F3N2O4S/c1-15-12-28(14-17-6-8-20(9-7-17)24(25,26)27)13-16(2)29(15)34(32,33)22-5-3-4-18-10-19(23(30)31)11-21(18)22/h3-9,15-16,19H,10-14H2,1-2H3,(H,30,31). The van der Waals surface area contributed by atoms with Gasteiger partial charge in [-0.3, -0.25) is 9.69 Å². The number of carboxylic acid groups (broad SMARTS) is 1. The molecule has 34 heavy (non-hydrogen) atoms. The van der Waals surface area contributed by atoms with Gasteiger partial charge in [0, 0.05) is 31.7 Å². The monoisotopic (exact) mass is 496 g/mol. The highest BCUT2D eigenvalue weighted by molar-refractivity contribution is 7.89. The Labute approximate surface area is 197 Å². The molecule has 0 amide bonds. The van der Waals surface area contributed by atoms with Crippen molar-refractivity contribution < 1.29 is 31.5 Å². The van der Waals surface area contributed by atoms with Crippen molar-refractivity contribution in [2.24, 2.45) is 5.92 Å². The highest BCUT2D eigenvalue weighted by Gasteiger charge is 2.41. The van der Waals surface area contributed by atoms with Crippen molar-refractivity contribution in [2.75, 3.05) is 13.1 Å². The van der Waals surface area contributed by atoms with Crippen LogP contribution in [0.3, 0.4) is 0 Å². The number of nitrogens with zero attached hydrogens (tertiary/aromatic N) is 2. The van der Waals surface area contributed by atoms with Crippen LogP contribution in [0.25, 0.3) is 0 Å². The van der Waals surface area contributed by atoms with E-state index in [4.69, 9.17) is 0 Å². The smallest absolute Gasteiger partial charge is 0.416 e. The van der Waals surface area contributed by atoms with E-state index < -0.39 is 33.7 Å². The maximum atomic E-state index is 13.7. The van der Waals surface area contributed by atoms with Crippen LogP contribution < -0.4 is 0 Å².